The maximum absolute atomic E-state index is 5.63. The Balaban J connectivity index is 1.65. The normalized spacial score (nSPS) is 11.7. The maximum atomic E-state index is 5.63. The van der Waals surface area contributed by atoms with Crippen LogP contribution >= 0.6 is 0 Å². The number of nitrogens with one attached hydrogen (secondary N) is 2. The Hall–Kier alpha value is -3.16. The van der Waals surface area contributed by atoms with E-state index < -0.39 is 0 Å². The highest BCUT2D eigenvalue weighted by Gasteiger charge is 2.08. The summed E-state index contributed by atoms with van der Waals surface area (Å²) in [5.74, 6) is 3.07. The molecule has 2 N–H and O–H groups in total. The molecule has 0 saturated carbocycles. The van der Waals surface area contributed by atoms with Crippen LogP contribution in [0.4, 0.5) is 0 Å². The van der Waals surface area contributed by atoms with Crippen molar-refractivity contribution in [1.82, 2.24) is 30.4 Å². The van der Waals surface area contributed by atoms with Crippen molar-refractivity contribution in [3.8, 4) is 11.5 Å². The zero-order valence-electron chi connectivity index (χ0n) is 17.6. The van der Waals surface area contributed by atoms with Crippen LogP contribution in [0.5, 0.6) is 0 Å². The van der Waals surface area contributed by atoms with E-state index in [0.29, 0.717) is 19.0 Å². The molecule has 0 aliphatic heterocycles. The van der Waals surface area contributed by atoms with Gasteiger partial charge in [-0.25, -0.2) is 9.98 Å². The van der Waals surface area contributed by atoms with Gasteiger partial charge in [-0.15, -0.1) is 10.2 Å². The lowest BCUT2D eigenvalue weighted by atomic mass is 10.1. The van der Waals surface area contributed by atoms with Crippen molar-refractivity contribution < 1.29 is 4.42 Å². The number of guanidine groups is 1. The average Bonchev–Trinajstić information content (AvgIpc) is 3.32. The van der Waals surface area contributed by atoms with Gasteiger partial charge in [0, 0.05) is 19.2 Å². The molecule has 0 amide bonds. The first kappa shape index (κ1) is 20.6. The number of oxazole rings is 1. The number of aromatic nitrogens is 4. The first-order chi connectivity index (χ1) is 14.1. The number of unbranched alkanes of at least 4 members (excludes halogenated alkanes) is 1. The minimum atomic E-state index is 0.425. The number of aliphatic imine (C=N–C) groups is 1. The number of rotatable bonds is 8. The first-order valence-corrected chi connectivity index (χ1v) is 9.95. The van der Waals surface area contributed by atoms with E-state index in [1.165, 1.54) is 5.56 Å². The number of nitrogens with zero attached hydrogens (tertiary/aromatic N) is 5. The molecule has 1 aromatic carbocycles. The molecule has 0 aliphatic rings. The van der Waals surface area contributed by atoms with E-state index >= 15 is 0 Å². The molecule has 8 nitrogen and oxygen atoms in total. The largest absolute Gasteiger partial charge is 0.444 e. The summed E-state index contributed by atoms with van der Waals surface area (Å²) in [6.07, 6.45) is 3.85. The van der Waals surface area contributed by atoms with Gasteiger partial charge in [-0.1, -0.05) is 31.0 Å². The van der Waals surface area contributed by atoms with E-state index in [1.54, 1.807) is 6.26 Å². The van der Waals surface area contributed by atoms with Crippen LogP contribution in [-0.2, 0) is 20.1 Å². The van der Waals surface area contributed by atoms with Crippen LogP contribution in [0.3, 0.4) is 0 Å². The Morgan fingerprint density at radius 2 is 1.93 bits per heavy atom. The van der Waals surface area contributed by atoms with Crippen molar-refractivity contribution in [2.45, 2.75) is 46.7 Å². The molecule has 8 heteroatoms. The SMILES string of the molecule is CCCCNC(=NCc1coc(-c2ccc(C)cc2)n1)NCc1nnc(C)n1C. The van der Waals surface area contributed by atoms with E-state index in [1.807, 2.05) is 42.8 Å². The molecule has 3 aromatic rings. The summed E-state index contributed by atoms with van der Waals surface area (Å²) >= 11 is 0. The molecule has 3 rings (SSSR count). The molecule has 2 aromatic heterocycles. The molecule has 0 saturated heterocycles. The Kier molecular flexibility index (Phi) is 6.99. The Labute approximate surface area is 171 Å². The molecule has 0 radical (unpaired) electrons. The van der Waals surface area contributed by atoms with Gasteiger partial charge in [0.05, 0.1) is 13.1 Å². The quantitative estimate of drug-likeness (QED) is 0.346. The van der Waals surface area contributed by atoms with Crippen LogP contribution in [0, 0.1) is 13.8 Å². The van der Waals surface area contributed by atoms with Crippen LogP contribution in [0.1, 0.15) is 42.7 Å². The van der Waals surface area contributed by atoms with Crippen LogP contribution in [0.15, 0.2) is 39.9 Å². The first-order valence-electron chi connectivity index (χ1n) is 9.95. The summed E-state index contributed by atoms with van der Waals surface area (Å²) in [5.41, 5.74) is 2.95. The Morgan fingerprint density at radius 1 is 1.14 bits per heavy atom. The zero-order valence-corrected chi connectivity index (χ0v) is 17.6. The molecule has 0 bridgehead atoms. The topological polar surface area (TPSA) is 93.2 Å². The third-order valence-electron chi connectivity index (χ3n) is 4.67. The lowest BCUT2D eigenvalue weighted by molar-refractivity contribution is 0.572. The molecular formula is C21H29N7O. The summed E-state index contributed by atoms with van der Waals surface area (Å²) in [6.45, 7) is 7.98. The second-order valence-electron chi connectivity index (χ2n) is 7.03. The molecule has 2 heterocycles. The van der Waals surface area contributed by atoms with Gasteiger partial charge >= 0.3 is 0 Å². The van der Waals surface area contributed by atoms with E-state index in [9.17, 15) is 0 Å². The second-order valence-corrected chi connectivity index (χ2v) is 7.03. The smallest absolute Gasteiger partial charge is 0.226 e. The van der Waals surface area contributed by atoms with Crippen molar-refractivity contribution >= 4 is 5.96 Å². The predicted molar refractivity (Wildman–Crippen MR) is 113 cm³/mol. The van der Waals surface area contributed by atoms with Gasteiger partial charge < -0.3 is 19.6 Å². The fourth-order valence-corrected chi connectivity index (χ4v) is 2.69. The lowest BCUT2D eigenvalue weighted by Crippen LogP contribution is -2.38. The summed E-state index contributed by atoms with van der Waals surface area (Å²) in [5, 5.41) is 15.0. The highest BCUT2D eigenvalue weighted by Crippen LogP contribution is 2.19. The van der Waals surface area contributed by atoms with Crippen molar-refractivity contribution in [2.24, 2.45) is 12.0 Å². The lowest BCUT2D eigenvalue weighted by Gasteiger charge is -2.12. The minimum Gasteiger partial charge on any atom is -0.444 e. The van der Waals surface area contributed by atoms with Crippen molar-refractivity contribution in [3.63, 3.8) is 0 Å². The summed E-state index contributed by atoms with van der Waals surface area (Å²) in [7, 11) is 1.95. The molecule has 0 fully saturated rings. The fourth-order valence-electron chi connectivity index (χ4n) is 2.69. The van der Waals surface area contributed by atoms with Crippen LogP contribution in [-0.4, -0.2) is 32.3 Å². The number of aryl methyl sites for hydroxylation is 2. The monoisotopic (exact) mass is 395 g/mol. The Bertz CT molecular complexity index is 940. The third kappa shape index (κ3) is 5.66. The second kappa shape index (κ2) is 9.86. The van der Waals surface area contributed by atoms with E-state index in [-0.39, 0.29) is 0 Å². The average molecular weight is 396 g/mol. The summed E-state index contributed by atoms with van der Waals surface area (Å²) < 4.78 is 7.59. The molecular weight excluding hydrogens is 366 g/mol. The number of hydrogen-bond acceptors (Lipinski definition) is 5. The molecule has 0 unspecified atom stereocenters. The van der Waals surface area contributed by atoms with Crippen molar-refractivity contribution in [2.75, 3.05) is 6.54 Å². The number of benzene rings is 1. The predicted octanol–water partition coefficient (Wildman–Crippen LogP) is 3.12. The highest BCUT2D eigenvalue weighted by molar-refractivity contribution is 5.79. The summed E-state index contributed by atoms with van der Waals surface area (Å²) in [4.78, 5) is 9.21. The van der Waals surface area contributed by atoms with Crippen LogP contribution in [0.2, 0.25) is 0 Å². The van der Waals surface area contributed by atoms with E-state index in [0.717, 1.165) is 48.3 Å². The van der Waals surface area contributed by atoms with Gasteiger partial charge in [-0.3, -0.25) is 0 Å². The summed E-state index contributed by atoms with van der Waals surface area (Å²) in [6, 6.07) is 8.11. The molecule has 0 spiro atoms. The molecule has 154 valence electrons. The van der Waals surface area contributed by atoms with Gasteiger partial charge in [0.25, 0.3) is 0 Å². The van der Waals surface area contributed by atoms with Gasteiger partial charge in [0.1, 0.15) is 17.8 Å². The zero-order chi connectivity index (χ0) is 20.6. The van der Waals surface area contributed by atoms with Crippen molar-refractivity contribution in [3.05, 3.63) is 53.4 Å². The molecule has 0 aliphatic carbocycles. The van der Waals surface area contributed by atoms with Crippen LogP contribution in [0.25, 0.3) is 11.5 Å². The third-order valence-corrected chi connectivity index (χ3v) is 4.67. The van der Waals surface area contributed by atoms with Gasteiger partial charge in [-0.05, 0) is 32.4 Å². The van der Waals surface area contributed by atoms with E-state index in [2.05, 4.69) is 44.7 Å². The molecule has 29 heavy (non-hydrogen) atoms. The minimum absolute atomic E-state index is 0.425. The fraction of sp³-hybridized carbons (Fsp3) is 0.429. The van der Waals surface area contributed by atoms with Crippen LogP contribution < -0.4 is 10.6 Å². The maximum Gasteiger partial charge on any atom is 0.226 e. The van der Waals surface area contributed by atoms with Crippen molar-refractivity contribution in [1.29, 1.82) is 0 Å². The Morgan fingerprint density at radius 3 is 2.62 bits per heavy atom. The van der Waals surface area contributed by atoms with Gasteiger partial charge in [0.15, 0.2) is 11.8 Å². The standard InChI is InChI=1S/C21H29N7O/c1-5-6-11-22-21(24-13-19-27-26-16(3)28(19)4)23-12-18-14-29-20(25-18)17-9-7-15(2)8-10-17/h7-10,14H,5-6,11-13H2,1-4H3,(H2,22,23,24). The van der Waals surface area contributed by atoms with E-state index in [4.69, 9.17) is 4.42 Å². The van der Waals surface area contributed by atoms with Gasteiger partial charge in [-0.2, -0.15) is 0 Å². The number of hydrogen-bond donors (Lipinski definition) is 2. The van der Waals surface area contributed by atoms with Gasteiger partial charge in [0.2, 0.25) is 5.89 Å². The highest BCUT2D eigenvalue weighted by atomic mass is 16.3. The molecule has 0 atom stereocenters.